The number of piperazine rings is 1. The van der Waals surface area contributed by atoms with Crippen LogP contribution >= 0.6 is 0 Å². The van der Waals surface area contributed by atoms with Gasteiger partial charge in [-0.15, -0.1) is 0 Å². The number of morpholine rings is 1. The van der Waals surface area contributed by atoms with Crippen LogP contribution in [-0.2, 0) is 4.74 Å². The fourth-order valence-electron chi connectivity index (χ4n) is 7.06. The van der Waals surface area contributed by atoms with E-state index in [4.69, 9.17) is 4.74 Å². The minimum Gasteiger partial charge on any atom is -0.379 e. The zero-order valence-electron chi connectivity index (χ0n) is 38.2. The lowest BCUT2D eigenvalue weighted by atomic mass is 9.99. The SMILES string of the molecule is CC(C)(C)N1CCC(F)(F)CC1.CC(C)(C)N1CCC(F)CC1.CC(C)(C)N1CCOCC1.CC(C)(C)N1CC[C@@H](F)C1.CN1CCN(C(C)(C)C)CC1. The smallest absolute Gasteiger partial charge is 0.250 e. The Kier molecular flexibility index (Phi) is 21.0. The van der Waals surface area contributed by atoms with Gasteiger partial charge in [0.05, 0.1) is 13.2 Å². The minimum atomic E-state index is -2.41. The van der Waals surface area contributed by atoms with E-state index in [0.717, 1.165) is 65.2 Å². The van der Waals surface area contributed by atoms with Crippen molar-refractivity contribution in [1.82, 2.24) is 29.4 Å². The second-order valence-electron chi connectivity index (χ2n) is 21.1. The molecule has 11 heteroatoms. The van der Waals surface area contributed by atoms with Gasteiger partial charge >= 0.3 is 0 Å². The molecular weight excluding hydrogens is 693 g/mol. The first kappa shape index (κ1) is 51.5. The maximum absolute atomic E-state index is 12.7. The molecule has 0 spiro atoms. The van der Waals surface area contributed by atoms with E-state index in [1.54, 1.807) is 0 Å². The number of rotatable bonds is 0. The summed E-state index contributed by atoms with van der Waals surface area (Å²) in [6.45, 7) is 46.1. The summed E-state index contributed by atoms with van der Waals surface area (Å²) < 4.78 is 56.1. The van der Waals surface area contributed by atoms with E-state index < -0.39 is 18.3 Å². The van der Waals surface area contributed by atoms with E-state index >= 15 is 0 Å². The van der Waals surface area contributed by atoms with E-state index in [2.05, 4.69) is 140 Å². The van der Waals surface area contributed by atoms with E-state index in [1.807, 2.05) is 0 Å². The highest BCUT2D eigenvalue weighted by molar-refractivity contribution is 4.86. The molecule has 0 bridgehead atoms. The molecule has 0 radical (unpaired) electrons. The lowest BCUT2D eigenvalue weighted by Gasteiger charge is -2.41. The Hall–Kier alpha value is -0.560. The van der Waals surface area contributed by atoms with Gasteiger partial charge in [0.25, 0.3) is 5.92 Å². The maximum atomic E-state index is 12.7. The van der Waals surface area contributed by atoms with Gasteiger partial charge in [-0.3, -0.25) is 24.5 Å². The minimum absolute atomic E-state index is 0.0181. The number of hydrogen-bond donors (Lipinski definition) is 0. The van der Waals surface area contributed by atoms with Crippen LogP contribution in [0.2, 0.25) is 0 Å². The molecule has 5 fully saturated rings. The van der Waals surface area contributed by atoms with E-state index in [9.17, 15) is 17.6 Å². The maximum Gasteiger partial charge on any atom is 0.250 e. The lowest BCUT2D eigenvalue weighted by Crippen LogP contribution is -2.52. The van der Waals surface area contributed by atoms with Crippen LogP contribution < -0.4 is 0 Å². The second-order valence-corrected chi connectivity index (χ2v) is 21.1. The first-order valence-corrected chi connectivity index (χ1v) is 21.1. The van der Waals surface area contributed by atoms with Crippen molar-refractivity contribution in [1.29, 1.82) is 0 Å². The van der Waals surface area contributed by atoms with Crippen molar-refractivity contribution >= 4 is 0 Å². The standard InChI is InChI=1S/C9H17F2N.C9H18FN.C9H20N2.C8H16FN.C8H17NO/c1-8(2,3)12-6-4-9(10,11)5-7-12;1-9(2,3)11-6-4-8(10)5-7-11;1-9(2,3)11-7-5-10(4)6-8-11;1-8(2,3)10-5-4-7(9)6-10;1-8(2,3)9-4-6-10-7-5-9/h4-7H2,1-3H3;8H,4-7H2,1-3H3;5-8H2,1-4H3;7H,4-6H2,1-3H3;4-7H2,1-3H3/t;;;7-;/m...1./s1. The van der Waals surface area contributed by atoms with Crippen LogP contribution in [-0.4, -0.2) is 174 Å². The predicted octanol–water partition coefficient (Wildman–Crippen LogP) is 8.71. The predicted molar refractivity (Wildman–Crippen MR) is 223 cm³/mol. The van der Waals surface area contributed by atoms with E-state index in [1.165, 1.54) is 26.2 Å². The van der Waals surface area contributed by atoms with Crippen LogP contribution in [0.5, 0.6) is 0 Å². The van der Waals surface area contributed by atoms with Crippen molar-refractivity contribution in [2.45, 2.75) is 182 Å². The summed E-state index contributed by atoms with van der Waals surface area (Å²) in [4.78, 5) is 14.1. The third-order valence-electron chi connectivity index (χ3n) is 11.3. The number of ether oxygens (including phenoxy) is 1. The van der Waals surface area contributed by atoms with Crippen molar-refractivity contribution in [3.63, 3.8) is 0 Å². The summed E-state index contributed by atoms with van der Waals surface area (Å²) >= 11 is 0. The monoisotopic (exact) mass is 781 g/mol. The number of hydrogen-bond acceptors (Lipinski definition) is 7. The molecule has 54 heavy (non-hydrogen) atoms. The summed E-state index contributed by atoms with van der Waals surface area (Å²) in [5, 5.41) is 0. The molecule has 0 aliphatic carbocycles. The van der Waals surface area contributed by atoms with Crippen molar-refractivity contribution in [3.05, 3.63) is 0 Å². The molecule has 0 saturated carbocycles. The average Bonchev–Trinajstić information content (AvgIpc) is 3.48. The highest BCUT2D eigenvalue weighted by Crippen LogP contribution is 2.31. The fraction of sp³-hybridized carbons (Fsp3) is 1.00. The Morgan fingerprint density at radius 2 is 0.741 bits per heavy atom. The van der Waals surface area contributed by atoms with Crippen LogP contribution in [0.4, 0.5) is 17.6 Å². The molecule has 7 nitrogen and oxygen atoms in total. The fourth-order valence-corrected chi connectivity index (χ4v) is 7.06. The zero-order valence-corrected chi connectivity index (χ0v) is 38.2. The largest absolute Gasteiger partial charge is 0.379 e. The molecule has 1 atom stereocenters. The van der Waals surface area contributed by atoms with Crippen LogP contribution in [0.25, 0.3) is 0 Å². The van der Waals surface area contributed by atoms with Gasteiger partial charge < -0.3 is 9.64 Å². The van der Waals surface area contributed by atoms with E-state index in [-0.39, 0.29) is 29.5 Å². The molecule has 5 heterocycles. The van der Waals surface area contributed by atoms with Crippen molar-refractivity contribution in [2.75, 3.05) is 98.8 Å². The third kappa shape index (κ3) is 21.3. The Morgan fingerprint density at radius 1 is 0.426 bits per heavy atom. The number of alkyl halides is 4. The molecule has 324 valence electrons. The number of likely N-dealkylation sites (tertiary alicyclic amines) is 3. The third-order valence-corrected chi connectivity index (χ3v) is 11.3. The Labute approximate surface area is 331 Å². The number of nitrogens with zero attached hydrogens (tertiary/aromatic N) is 6. The Bertz CT molecular complexity index is 935. The summed E-state index contributed by atoms with van der Waals surface area (Å²) in [5.74, 6) is -2.41. The highest BCUT2D eigenvalue weighted by Gasteiger charge is 2.37. The number of likely N-dealkylation sites (N-methyl/N-ethyl adjacent to an activating group) is 1. The van der Waals surface area contributed by atoms with Crippen molar-refractivity contribution in [2.24, 2.45) is 0 Å². The molecular formula is C43H88F4N6O. The van der Waals surface area contributed by atoms with Crippen molar-refractivity contribution < 1.29 is 22.3 Å². The molecule has 5 aliphatic rings. The van der Waals surface area contributed by atoms with Gasteiger partial charge in [-0.2, -0.15) is 0 Å². The first-order valence-electron chi connectivity index (χ1n) is 21.1. The highest BCUT2D eigenvalue weighted by atomic mass is 19.3. The Morgan fingerprint density at radius 3 is 1.06 bits per heavy atom. The van der Waals surface area contributed by atoms with E-state index in [0.29, 0.717) is 30.7 Å². The molecule has 0 unspecified atom stereocenters. The molecule has 5 aliphatic heterocycles. The zero-order chi connectivity index (χ0) is 41.8. The van der Waals surface area contributed by atoms with Gasteiger partial charge in [-0.1, -0.05) is 0 Å². The topological polar surface area (TPSA) is 28.7 Å². The van der Waals surface area contributed by atoms with Gasteiger partial charge in [0.1, 0.15) is 12.3 Å². The molecule has 0 N–H and O–H groups in total. The van der Waals surface area contributed by atoms with Gasteiger partial charge in [-0.25, -0.2) is 17.6 Å². The molecule has 0 amide bonds. The Balaban J connectivity index is 0.000000338. The molecule has 0 aromatic heterocycles. The van der Waals surface area contributed by atoms with Crippen LogP contribution in [0.15, 0.2) is 0 Å². The normalized spacial score (nSPS) is 25.2. The summed E-state index contributed by atoms with van der Waals surface area (Å²) in [7, 11) is 2.19. The lowest BCUT2D eigenvalue weighted by molar-refractivity contribution is -0.0713. The van der Waals surface area contributed by atoms with Gasteiger partial charge in [0.2, 0.25) is 0 Å². The molecule has 0 aromatic rings. The average molecular weight is 781 g/mol. The summed E-state index contributed by atoms with van der Waals surface area (Å²) in [6, 6.07) is 0. The number of piperidine rings is 2. The first-order chi connectivity index (χ1) is 24.4. The molecule has 0 aromatic carbocycles. The second kappa shape index (κ2) is 22.0. The van der Waals surface area contributed by atoms with Gasteiger partial charge in [0, 0.05) is 119 Å². The quantitative estimate of drug-likeness (QED) is 0.227. The summed E-state index contributed by atoms with van der Waals surface area (Å²) in [5.41, 5.74) is 1.10. The van der Waals surface area contributed by atoms with Crippen molar-refractivity contribution in [3.8, 4) is 0 Å². The van der Waals surface area contributed by atoms with Gasteiger partial charge in [0.15, 0.2) is 0 Å². The number of halogens is 4. The van der Waals surface area contributed by atoms with Crippen LogP contribution in [0, 0.1) is 0 Å². The molecule has 5 saturated heterocycles. The van der Waals surface area contributed by atoms with Crippen LogP contribution in [0.1, 0.15) is 136 Å². The van der Waals surface area contributed by atoms with Crippen LogP contribution in [0.3, 0.4) is 0 Å². The summed E-state index contributed by atoms with van der Waals surface area (Å²) in [6.07, 6.45) is 1.06. The molecule has 5 rings (SSSR count). The van der Waals surface area contributed by atoms with Gasteiger partial charge in [-0.05, 0) is 130 Å².